The first kappa shape index (κ1) is 17.1. The van der Waals surface area contributed by atoms with Crippen LogP contribution in [-0.2, 0) is 6.42 Å². The summed E-state index contributed by atoms with van der Waals surface area (Å²) >= 11 is 0. The van der Waals surface area contributed by atoms with Gasteiger partial charge in [0, 0.05) is 29.3 Å². The van der Waals surface area contributed by atoms with Gasteiger partial charge in [0.15, 0.2) is 0 Å². The maximum Gasteiger partial charge on any atom is 0.129 e. The minimum Gasteiger partial charge on any atom is -0.399 e. The predicted octanol–water partition coefficient (Wildman–Crippen LogP) is 4.17. The lowest BCUT2D eigenvalue weighted by Crippen LogP contribution is -2.33. The number of aryl methyl sites for hydroxylation is 1. The van der Waals surface area contributed by atoms with Crippen LogP contribution in [0.2, 0.25) is 0 Å². The largest absolute Gasteiger partial charge is 0.399 e. The van der Waals surface area contributed by atoms with Crippen molar-refractivity contribution in [2.24, 2.45) is 0 Å². The van der Waals surface area contributed by atoms with Gasteiger partial charge in [-0.25, -0.2) is 4.98 Å². The standard InChI is InChI=1S/C21H26N4/c1-14(2)25(11-10-16-4-6-17(22)7-5-16)21-12-15(3)19-13-18(23)8-9-20(19)24-21/h4-9,12-14H,10-11,22-23H2,1-3H3. The molecule has 0 bridgehead atoms. The molecule has 0 atom stereocenters. The summed E-state index contributed by atoms with van der Waals surface area (Å²) in [5.74, 6) is 1.01. The molecule has 0 spiro atoms. The Bertz CT molecular complexity index is 869. The normalized spacial score (nSPS) is 11.2. The van der Waals surface area contributed by atoms with Crippen molar-refractivity contribution in [1.82, 2.24) is 4.98 Å². The molecule has 0 saturated heterocycles. The second-order valence-electron chi connectivity index (χ2n) is 6.85. The zero-order chi connectivity index (χ0) is 18.0. The lowest BCUT2D eigenvalue weighted by atomic mass is 10.1. The Morgan fingerprint density at radius 3 is 2.32 bits per heavy atom. The number of rotatable bonds is 5. The Hall–Kier alpha value is -2.75. The molecule has 4 heteroatoms. The first-order chi connectivity index (χ1) is 11.9. The van der Waals surface area contributed by atoms with E-state index in [2.05, 4.69) is 43.9 Å². The summed E-state index contributed by atoms with van der Waals surface area (Å²) in [7, 11) is 0. The van der Waals surface area contributed by atoms with Crippen LogP contribution in [0.15, 0.2) is 48.5 Å². The molecule has 130 valence electrons. The predicted molar refractivity (Wildman–Crippen MR) is 108 cm³/mol. The van der Waals surface area contributed by atoms with Crippen LogP contribution < -0.4 is 16.4 Å². The van der Waals surface area contributed by atoms with E-state index < -0.39 is 0 Å². The van der Waals surface area contributed by atoms with E-state index >= 15 is 0 Å². The lowest BCUT2D eigenvalue weighted by Gasteiger charge is -2.28. The Labute approximate surface area is 149 Å². The highest BCUT2D eigenvalue weighted by atomic mass is 15.2. The molecule has 1 aromatic heterocycles. The molecule has 0 unspecified atom stereocenters. The van der Waals surface area contributed by atoms with E-state index in [1.54, 1.807) is 0 Å². The second kappa shape index (κ2) is 7.01. The number of aromatic nitrogens is 1. The zero-order valence-corrected chi connectivity index (χ0v) is 15.2. The van der Waals surface area contributed by atoms with Gasteiger partial charge in [0.05, 0.1) is 5.52 Å². The highest BCUT2D eigenvalue weighted by molar-refractivity contribution is 5.86. The van der Waals surface area contributed by atoms with Gasteiger partial charge in [0.2, 0.25) is 0 Å². The fraction of sp³-hybridized carbons (Fsp3) is 0.286. The zero-order valence-electron chi connectivity index (χ0n) is 15.2. The van der Waals surface area contributed by atoms with Gasteiger partial charge in [-0.05, 0) is 74.7 Å². The minimum atomic E-state index is 0.368. The van der Waals surface area contributed by atoms with Crippen LogP contribution in [0.3, 0.4) is 0 Å². The van der Waals surface area contributed by atoms with Gasteiger partial charge in [0.25, 0.3) is 0 Å². The molecule has 4 N–H and O–H groups in total. The van der Waals surface area contributed by atoms with Gasteiger partial charge in [-0.1, -0.05) is 12.1 Å². The third-order valence-electron chi connectivity index (χ3n) is 4.56. The monoisotopic (exact) mass is 334 g/mol. The van der Waals surface area contributed by atoms with Crippen molar-refractivity contribution in [2.45, 2.75) is 33.2 Å². The molecule has 3 rings (SSSR count). The van der Waals surface area contributed by atoms with Crippen LogP contribution >= 0.6 is 0 Å². The fourth-order valence-corrected chi connectivity index (χ4v) is 3.11. The summed E-state index contributed by atoms with van der Waals surface area (Å²) in [4.78, 5) is 7.22. The van der Waals surface area contributed by atoms with Gasteiger partial charge in [-0.15, -0.1) is 0 Å². The molecule has 2 aromatic carbocycles. The van der Waals surface area contributed by atoms with Gasteiger partial charge in [0.1, 0.15) is 5.82 Å². The molecule has 0 saturated carbocycles. The molecule has 3 aromatic rings. The number of fused-ring (bicyclic) bond motifs is 1. The maximum absolute atomic E-state index is 5.91. The van der Waals surface area contributed by atoms with Crippen molar-refractivity contribution in [3.8, 4) is 0 Å². The van der Waals surface area contributed by atoms with E-state index in [0.29, 0.717) is 6.04 Å². The lowest BCUT2D eigenvalue weighted by molar-refractivity contribution is 0.671. The highest BCUT2D eigenvalue weighted by Gasteiger charge is 2.14. The van der Waals surface area contributed by atoms with Crippen LogP contribution in [0, 0.1) is 6.92 Å². The average Bonchev–Trinajstić information content (AvgIpc) is 2.57. The third kappa shape index (κ3) is 3.85. The van der Waals surface area contributed by atoms with Crippen molar-refractivity contribution >= 4 is 28.1 Å². The highest BCUT2D eigenvalue weighted by Crippen LogP contribution is 2.25. The molecule has 0 aliphatic carbocycles. The summed E-state index contributed by atoms with van der Waals surface area (Å²) in [6.45, 7) is 7.43. The molecule has 0 aliphatic rings. The van der Waals surface area contributed by atoms with Crippen LogP contribution in [0.4, 0.5) is 17.2 Å². The van der Waals surface area contributed by atoms with Crippen LogP contribution in [-0.4, -0.2) is 17.6 Å². The Balaban J connectivity index is 1.88. The van der Waals surface area contributed by atoms with Crippen LogP contribution in [0.5, 0.6) is 0 Å². The molecule has 0 radical (unpaired) electrons. The van der Waals surface area contributed by atoms with Crippen molar-refractivity contribution < 1.29 is 0 Å². The third-order valence-corrected chi connectivity index (χ3v) is 4.56. The van der Waals surface area contributed by atoms with Crippen molar-refractivity contribution in [1.29, 1.82) is 0 Å². The Kier molecular flexibility index (Phi) is 4.79. The van der Waals surface area contributed by atoms with Gasteiger partial charge in [-0.3, -0.25) is 0 Å². The number of pyridine rings is 1. The Morgan fingerprint density at radius 2 is 1.64 bits per heavy atom. The summed E-state index contributed by atoms with van der Waals surface area (Å²) in [5, 5.41) is 1.12. The second-order valence-corrected chi connectivity index (χ2v) is 6.85. The van der Waals surface area contributed by atoms with E-state index in [4.69, 9.17) is 16.5 Å². The molecule has 25 heavy (non-hydrogen) atoms. The first-order valence-electron chi connectivity index (χ1n) is 8.72. The Morgan fingerprint density at radius 1 is 0.960 bits per heavy atom. The first-order valence-corrected chi connectivity index (χ1v) is 8.72. The van der Waals surface area contributed by atoms with Crippen molar-refractivity contribution in [3.63, 3.8) is 0 Å². The minimum absolute atomic E-state index is 0.368. The molecule has 1 heterocycles. The van der Waals surface area contributed by atoms with Crippen molar-refractivity contribution in [3.05, 3.63) is 59.7 Å². The molecule has 0 amide bonds. The van der Waals surface area contributed by atoms with E-state index in [1.165, 1.54) is 11.1 Å². The number of nitrogens with zero attached hydrogens (tertiary/aromatic N) is 2. The van der Waals surface area contributed by atoms with E-state index in [1.807, 2.05) is 30.3 Å². The summed E-state index contributed by atoms with van der Waals surface area (Å²) < 4.78 is 0. The summed E-state index contributed by atoms with van der Waals surface area (Å²) in [5.41, 5.74) is 16.7. The number of nitrogens with two attached hydrogens (primary N) is 2. The van der Waals surface area contributed by atoms with Gasteiger partial charge >= 0.3 is 0 Å². The van der Waals surface area contributed by atoms with E-state index in [0.717, 1.165) is 41.1 Å². The molecule has 4 nitrogen and oxygen atoms in total. The van der Waals surface area contributed by atoms with E-state index in [-0.39, 0.29) is 0 Å². The SMILES string of the molecule is Cc1cc(N(CCc2ccc(N)cc2)C(C)C)nc2ccc(N)cc12. The van der Waals surface area contributed by atoms with Crippen molar-refractivity contribution in [2.75, 3.05) is 22.9 Å². The summed E-state index contributed by atoms with van der Waals surface area (Å²) in [6, 6.07) is 16.5. The fourth-order valence-electron chi connectivity index (χ4n) is 3.11. The number of benzene rings is 2. The van der Waals surface area contributed by atoms with Gasteiger partial charge in [-0.2, -0.15) is 0 Å². The average molecular weight is 334 g/mol. The number of hydrogen-bond acceptors (Lipinski definition) is 4. The molecule has 0 aliphatic heterocycles. The van der Waals surface area contributed by atoms with E-state index in [9.17, 15) is 0 Å². The molecular formula is C21H26N4. The number of nitrogen functional groups attached to an aromatic ring is 2. The molecule has 0 fully saturated rings. The number of hydrogen-bond donors (Lipinski definition) is 2. The van der Waals surface area contributed by atoms with Crippen LogP contribution in [0.25, 0.3) is 10.9 Å². The number of anilines is 3. The summed E-state index contributed by atoms with van der Waals surface area (Å²) in [6.07, 6.45) is 0.957. The molecular weight excluding hydrogens is 308 g/mol. The van der Waals surface area contributed by atoms with Gasteiger partial charge < -0.3 is 16.4 Å². The van der Waals surface area contributed by atoms with Crippen LogP contribution in [0.1, 0.15) is 25.0 Å². The maximum atomic E-state index is 5.91. The quantitative estimate of drug-likeness (QED) is 0.687. The topological polar surface area (TPSA) is 68.2 Å². The smallest absolute Gasteiger partial charge is 0.129 e.